The van der Waals surface area contributed by atoms with E-state index in [4.69, 9.17) is 11.6 Å². The molecule has 1 saturated carbocycles. The highest BCUT2D eigenvalue weighted by Crippen LogP contribution is 2.18. The highest BCUT2D eigenvalue weighted by molar-refractivity contribution is 6.30. The van der Waals surface area contributed by atoms with Crippen LogP contribution in [0.1, 0.15) is 24.8 Å². The van der Waals surface area contributed by atoms with Gasteiger partial charge in [-0.25, -0.2) is 0 Å². The van der Waals surface area contributed by atoms with Crippen molar-refractivity contribution in [2.45, 2.75) is 31.7 Å². The van der Waals surface area contributed by atoms with Crippen molar-refractivity contribution in [3.8, 4) is 0 Å². The zero-order chi connectivity index (χ0) is 12.8. The maximum atomic E-state index is 11.4. The van der Waals surface area contributed by atoms with E-state index in [1.165, 1.54) is 5.56 Å². The average Bonchev–Trinajstić information content (AvgIpc) is 3.12. The highest BCUT2D eigenvalue weighted by atomic mass is 35.5. The van der Waals surface area contributed by atoms with Crippen molar-refractivity contribution in [3.05, 3.63) is 34.9 Å². The van der Waals surface area contributed by atoms with E-state index in [-0.39, 0.29) is 5.91 Å². The second-order valence-corrected chi connectivity index (χ2v) is 5.16. The molecule has 4 heteroatoms. The Balaban J connectivity index is 1.54. The lowest BCUT2D eigenvalue weighted by Crippen LogP contribution is -2.29. The van der Waals surface area contributed by atoms with Crippen LogP contribution in [0.2, 0.25) is 5.02 Å². The zero-order valence-electron chi connectivity index (χ0n) is 10.4. The van der Waals surface area contributed by atoms with Crippen molar-refractivity contribution in [1.29, 1.82) is 0 Å². The molecule has 1 aromatic rings. The van der Waals surface area contributed by atoms with Gasteiger partial charge in [0.1, 0.15) is 0 Å². The molecule has 1 amide bonds. The minimum absolute atomic E-state index is 0.160. The van der Waals surface area contributed by atoms with Crippen LogP contribution in [0.25, 0.3) is 0 Å². The number of rotatable bonds is 7. The van der Waals surface area contributed by atoms with E-state index >= 15 is 0 Å². The monoisotopic (exact) mass is 266 g/mol. The first-order valence-electron chi connectivity index (χ1n) is 6.48. The van der Waals surface area contributed by atoms with Gasteiger partial charge in [0.05, 0.1) is 0 Å². The van der Waals surface area contributed by atoms with E-state index in [0.717, 1.165) is 37.4 Å². The van der Waals surface area contributed by atoms with Gasteiger partial charge < -0.3 is 10.6 Å². The normalized spacial score (nSPS) is 14.5. The summed E-state index contributed by atoms with van der Waals surface area (Å²) in [5.41, 5.74) is 1.22. The fourth-order valence-corrected chi connectivity index (χ4v) is 1.99. The summed E-state index contributed by atoms with van der Waals surface area (Å²) in [6.45, 7) is 1.61. The van der Waals surface area contributed by atoms with Crippen LogP contribution >= 0.6 is 11.6 Å². The summed E-state index contributed by atoms with van der Waals surface area (Å²) in [7, 11) is 0. The third-order valence-corrected chi connectivity index (χ3v) is 3.19. The lowest BCUT2D eigenvalue weighted by molar-refractivity contribution is -0.121. The number of hydrogen-bond donors (Lipinski definition) is 2. The molecule has 0 radical (unpaired) electrons. The van der Waals surface area contributed by atoms with Gasteiger partial charge in [-0.2, -0.15) is 0 Å². The molecule has 2 rings (SSSR count). The molecule has 0 aromatic heterocycles. The Morgan fingerprint density at radius 2 is 2.17 bits per heavy atom. The van der Waals surface area contributed by atoms with Gasteiger partial charge in [-0.1, -0.05) is 23.7 Å². The quantitative estimate of drug-likeness (QED) is 0.743. The number of halogens is 1. The SMILES string of the molecule is O=C(CCNCCc1cccc(Cl)c1)NC1CC1. The molecule has 0 unspecified atom stereocenters. The number of carbonyl (C=O) groups excluding carboxylic acids is 1. The molecule has 3 nitrogen and oxygen atoms in total. The van der Waals surface area contributed by atoms with Crippen LogP contribution in [0.3, 0.4) is 0 Å². The Morgan fingerprint density at radius 1 is 1.33 bits per heavy atom. The van der Waals surface area contributed by atoms with Gasteiger partial charge in [0, 0.05) is 24.0 Å². The number of amides is 1. The van der Waals surface area contributed by atoms with Gasteiger partial charge in [0.15, 0.2) is 0 Å². The molecule has 0 saturated heterocycles. The summed E-state index contributed by atoms with van der Waals surface area (Å²) in [5, 5.41) is 7.02. The number of hydrogen-bond acceptors (Lipinski definition) is 2. The predicted octanol–water partition coefficient (Wildman–Crippen LogP) is 2.14. The topological polar surface area (TPSA) is 41.1 Å². The zero-order valence-corrected chi connectivity index (χ0v) is 11.2. The maximum absolute atomic E-state index is 11.4. The lowest BCUT2D eigenvalue weighted by atomic mass is 10.1. The van der Waals surface area contributed by atoms with Gasteiger partial charge in [-0.05, 0) is 43.5 Å². The van der Waals surface area contributed by atoms with Crippen LogP contribution in [0, 0.1) is 0 Å². The van der Waals surface area contributed by atoms with Crippen molar-refractivity contribution in [2.75, 3.05) is 13.1 Å². The van der Waals surface area contributed by atoms with Gasteiger partial charge in [-0.3, -0.25) is 4.79 Å². The Hall–Kier alpha value is -1.06. The van der Waals surface area contributed by atoms with Crippen molar-refractivity contribution in [1.82, 2.24) is 10.6 Å². The molecule has 18 heavy (non-hydrogen) atoms. The summed E-state index contributed by atoms with van der Waals surface area (Å²) in [6.07, 6.45) is 3.79. The number of benzene rings is 1. The number of nitrogens with one attached hydrogen (secondary N) is 2. The van der Waals surface area contributed by atoms with Crippen molar-refractivity contribution in [3.63, 3.8) is 0 Å². The Labute approximate surface area is 113 Å². The Kier molecular flexibility index (Phi) is 5.02. The van der Waals surface area contributed by atoms with Crippen molar-refractivity contribution < 1.29 is 4.79 Å². The molecule has 0 heterocycles. The van der Waals surface area contributed by atoms with Crippen molar-refractivity contribution >= 4 is 17.5 Å². The van der Waals surface area contributed by atoms with Gasteiger partial charge in [-0.15, -0.1) is 0 Å². The minimum Gasteiger partial charge on any atom is -0.353 e. The maximum Gasteiger partial charge on any atom is 0.221 e. The standard InChI is InChI=1S/C14H19ClN2O/c15-12-3-1-2-11(10-12)6-8-16-9-7-14(18)17-13-4-5-13/h1-3,10,13,16H,4-9H2,(H,17,18). The van der Waals surface area contributed by atoms with Gasteiger partial charge in [0.25, 0.3) is 0 Å². The number of carbonyl (C=O) groups is 1. The fraction of sp³-hybridized carbons (Fsp3) is 0.500. The predicted molar refractivity (Wildman–Crippen MR) is 73.8 cm³/mol. The first-order valence-corrected chi connectivity index (χ1v) is 6.86. The van der Waals surface area contributed by atoms with Crippen LogP contribution in [0.4, 0.5) is 0 Å². The largest absolute Gasteiger partial charge is 0.353 e. The molecule has 1 fully saturated rings. The molecule has 98 valence electrons. The lowest BCUT2D eigenvalue weighted by Gasteiger charge is -2.06. The van der Waals surface area contributed by atoms with E-state index in [9.17, 15) is 4.79 Å². The molecule has 1 aliphatic rings. The Bertz CT molecular complexity index is 405. The molecule has 2 N–H and O–H groups in total. The van der Waals surface area contributed by atoms with E-state index < -0.39 is 0 Å². The van der Waals surface area contributed by atoms with E-state index in [1.807, 2.05) is 18.2 Å². The molecular weight excluding hydrogens is 248 g/mol. The van der Waals surface area contributed by atoms with Crippen molar-refractivity contribution in [2.24, 2.45) is 0 Å². The van der Waals surface area contributed by atoms with Crippen LogP contribution in [-0.4, -0.2) is 25.0 Å². The second kappa shape index (κ2) is 6.76. The summed E-state index contributed by atoms with van der Waals surface area (Å²) < 4.78 is 0. The van der Waals surface area contributed by atoms with Crippen LogP contribution in [0.5, 0.6) is 0 Å². The first kappa shape index (κ1) is 13.4. The molecular formula is C14H19ClN2O. The van der Waals surface area contributed by atoms with Gasteiger partial charge >= 0.3 is 0 Å². The summed E-state index contributed by atoms with van der Waals surface area (Å²) >= 11 is 5.91. The minimum atomic E-state index is 0.160. The fourth-order valence-electron chi connectivity index (χ4n) is 1.78. The highest BCUT2D eigenvalue weighted by Gasteiger charge is 2.22. The summed E-state index contributed by atoms with van der Waals surface area (Å²) in [5.74, 6) is 0.160. The molecule has 0 aliphatic heterocycles. The molecule has 1 aliphatic carbocycles. The molecule has 0 atom stereocenters. The smallest absolute Gasteiger partial charge is 0.221 e. The third kappa shape index (κ3) is 5.07. The van der Waals surface area contributed by atoms with E-state index in [1.54, 1.807) is 0 Å². The molecule has 0 bridgehead atoms. The van der Waals surface area contributed by atoms with E-state index in [0.29, 0.717) is 12.5 Å². The molecule has 0 spiro atoms. The Morgan fingerprint density at radius 3 is 2.89 bits per heavy atom. The van der Waals surface area contributed by atoms with Gasteiger partial charge in [0.2, 0.25) is 5.91 Å². The van der Waals surface area contributed by atoms with Crippen LogP contribution < -0.4 is 10.6 Å². The summed E-state index contributed by atoms with van der Waals surface area (Å²) in [4.78, 5) is 11.4. The van der Waals surface area contributed by atoms with E-state index in [2.05, 4.69) is 16.7 Å². The van der Waals surface area contributed by atoms with Crippen LogP contribution in [-0.2, 0) is 11.2 Å². The first-order chi connectivity index (χ1) is 8.74. The average molecular weight is 267 g/mol. The van der Waals surface area contributed by atoms with Crippen LogP contribution in [0.15, 0.2) is 24.3 Å². The third-order valence-electron chi connectivity index (χ3n) is 2.95. The second-order valence-electron chi connectivity index (χ2n) is 4.72. The molecule has 1 aromatic carbocycles. The summed E-state index contributed by atoms with van der Waals surface area (Å²) in [6, 6.07) is 8.33.